The van der Waals surface area contributed by atoms with Crippen LogP contribution in [0.3, 0.4) is 0 Å². The molecule has 1 amide bonds. The zero-order chi connectivity index (χ0) is 14.1. The predicted molar refractivity (Wildman–Crippen MR) is 70.4 cm³/mol. The van der Waals surface area contributed by atoms with Crippen LogP contribution >= 0.6 is 0 Å². The van der Waals surface area contributed by atoms with Crippen molar-refractivity contribution in [3.05, 3.63) is 29.0 Å². The Hall–Kier alpha value is -2.15. The van der Waals surface area contributed by atoms with Gasteiger partial charge in [0.25, 0.3) is 5.91 Å². The summed E-state index contributed by atoms with van der Waals surface area (Å²) in [6.07, 6.45) is 2.05. The molecule has 7 heteroatoms. The molecule has 3 heterocycles. The molecule has 1 saturated heterocycles. The minimum atomic E-state index is -0.311. The fourth-order valence-corrected chi connectivity index (χ4v) is 2.34. The molecular formula is C13H16N4O3. The minimum Gasteiger partial charge on any atom is -0.466 e. The van der Waals surface area contributed by atoms with Gasteiger partial charge in [0.05, 0.1) is 11.6 Å². The van der Waals surface area contributed by atoms with Crippen molar-refractivity contribution in [1.82, 2.24) is 15.5 Å². The lowest BCUT2D eigenvalue weighted by molar-refractivity contribution is 0.102. The summed E-state index contributed by atoms with van der Waals surface area (Å²) in [6, 6.07) is 1.88. The lowest BCUT2D eigenvalue weighted by Gasteiger charge is -2.02. The van der Waals surface area contributed by atoms with Crippen molar-refractivity contribution in [2.24, 2.45) is 0 Å². The molecule has 0 radical (unpaired) electrons. The number of nitrogens with zero attached hydrogens (tertiary/aromatic N) is 2. The van der Waals surface area contributed by atoms with Crippen LogP contribution in [-0.2, 0) is 0 Å². The molecule has 0 aromatic carbocycles. The molecule has 0 spiro atoms. The minimum absolute atomic E-state index is 0.0889. The summed E-state index contributed by atoms with van der Waals surface area (Å²) in [5, 5.41) is 13.6. The van der Waals surface area contributed by atoms with Gasteiger partial charge in [-0.3, -0.25) is 10.1 Å². The van der Waals surface area contributed by atoms with Crippen molar-refractivity contribution < 1.29 is 13.6 Å². The SMILES string of the molecule is Cc1cc(C(=O)Nc2nnc(C3CCCN3)o2)c(C)o1. The molecule has 20 heavy (non-hydrogen) atoms. The largest absolute Gasteiger partial charge is 0.466 e. The molecule has 106 valence electrons. The van der Waals surface area contributed by atoms with E-state index in [4.69, 9.17) is 8.83 Å². The van der Waals surface area contributed by atoms with Crippen LogP contribution in [-0.4, -0.2) is 22.6 Å². The number of amides is 1. The van der Waals surface area contributed by atoms with E-state index in [-0.39, 0.29) is 18.0 Å². The van der Waals surface area contributed by atoms with Gasteiger partial charge in [-0.1, -0.05) is 5.10 Å². The van der Waals surface area contributed by atoms with Gasteiger partial charge in [0, 0.05) is 0 Å². The number of aromatic nitrogens is 2. The van der Waals surface area contributed by atoms with Crippen molar-refractivity contribution in [2.75, 3.05) is 11.9 Å². The number of furan rings is 1. The molecule has 2 aromatic rings. The second-order valence-corrected chi connectivity index (χ2v) is 4.88. The van der Waals surface area contributed by atoms with E-state index in [9.17, 15) is 4.79 Å². The van der Waals surface area contributed by atoms with E-state index in [1.807, 2.05) is 0 Å². The molecule has 3 rings (SSSR count). The van der Waals surface area contributed by atoms with Gasteiger partial charge in [-0.05, 0) is 39.3 Å². The van der Waals surface area contributed by atoms with Crippen molar-refractivity contribution in [2.45, 2.75) is 32.7 Å². The molecule has 1 aliphatic rings. The van der Waals surface area contributed by atoms with Gasteiger partial charge in [0.15, 0.2) is 0 Å². The molecule has 2 aromatic heterocycles. The Morgan fingerprint density at radius 2 is 2.25 bits per heavy atom. The molecule has 0 saturated carbocycles. The first-order chi connectivity index (χ1) is 9.63. The number of nitrogens with one attached hydrogen (secondary N) is 2. The van der Waals surface area contributed by atoms with Crippen molar-refractivity contribution in [1.29, 1.82) is 0 Å². The van der Waals surface area contributed by atoms with Gasteiger partial charge in [-0.25, -0.2) is 0 Å². The molecule has 1 atom stereocenters. The highest BCUT2D eigenvalue weighted by atomic mass is 16.4. The number of hydrogen-bond acceptors (Lipinski definition) is 6. The maximum atomic E-state index is 12.1. The van der Waals surface area contributed by atoms with Crippen LogP contribution in [0.5, 0.6) is 0 Å². The van der Waals surface area contributed by atoms with E-state index in [1.165, 1.54) is 0 Å². The third-order valence-corrected chi connectivity index (χ3v) is 3.31. The first-order valence-electron chi connectivity index (χ1n) is 6.58. The lowest BCUT2D eigenvalue weighted by Crippen LogP contribution is -2.13. The van der Waals surface area contributed by atoms with Gasteiger partial charge in [0.1, 0.15) is 11.5 Å². The topological polar surface area (TPSA) is 93.2 Å². The van der Waals surface area contributed by atoms with E-state index in [0.717, 1.165) is 19.4 Å². The zero-order valence-electron chi connectivity index (χ0n) is 11.4. The van der Waals surface area contributed by atoms with Crippen LogP contribution < -0.4 is 10.6 Å². The number of rotatable bonds is 3. The first kappa shape index (κ1) is 12.9. The molecular weight excluding hydrogens is 260 g/mol. The van der Waals surface area contributed by atoms with Crippen LogP contribution in [0.25, 0.3) is 0 Å². The second kappa shape index (κ2) is 5.09. The van der Waals surface area contributed by atoms with Gasteiger partial charge < -0.3 is 14.2 Å². The number of carbonyl (C=O) groups excluding carboxylic acids is 1. The standard InChI is InChI=1S/C13H16N4O3/c1-7-6-9(8(2)19-7)11(18)15-13-17-16-12(20-13)10-4-3-5-14-10/h6,10,14H,3-5H2,1-2H3,(H,15,17,18). The van der Waals surface area contributed by atoms with E-state index >= 15 is 0 Å². The summed E-state index contributed by atoms with van der Waals surface area (Å²) in [5.74, 6) is 1.46. The summed E-state index contributed by atoms with van der Waals surface area (Å²) < 4.78 is 10.8. The lowest BCUT2D eigenvalue weighted by atomic mass is 10.2. The number of hydrogen-bond donors (Lipinski definition) is 2. The Bertz CT molecular complexity index is 625. The van der Waals surface area contributed by atoms with Gasteiger partial charge >= 0.3 is 6.01 Å². The van der Waals surface area contributed by atoms with Crippen molar-refractivity contribution in [3.63, 3.8) is 0 Å². The average molecular weight is 276 g/mol. The van der Waals surface area contributed by atoms with Crippen LogP contribution in [0.1, 0.15) is 46.7 Å². The maximum absolute atomic E-state index is 12.1. The van der Waals surface area contributed by atoms with Gasteiger partial charge in [-0.2, -0.15) is 0 Å². The Labute approximate surface area is 115 Å². The Morgan fingerprint density at radius 1 is 1.40 bits per heavy atom. The van der Waals surface area contributed by atoms with Gasteiger partial charge in [0.2, 0.25) is 5.89 Å². The monoisotopic (exact) mass is 276 g/mol. The average Bonchev–Trinajstić information content (AvgIpc) is 3.09. The summed E-state index contributed by atoms with van der Waals surface area (Å²) in [4.78, 5) is 12.1. The molecule has 0 aliphatic carbocycles. The highest BCUT2D eigenvalue weighted by molar-refractivity contribution is 6.03. The fraction of sp³-hybridized carbons (Fsp3) is 0.462. The van der Waals surface area contributed by atoms with Crippen LogP contribution in [0.15, 0.2) is 14.9 Å². The molecule has 1 aliphatic heterocycles. The second-order valence-electron chi connectivity index (χ2n) is 4.88. The normalized spacial score (nSPS) is 18.4. The summed E-state index contributed by atoms with van der Waals surface area (Å²) >= 11 is 0. The Balaban J connectivity index is 1.71. The molecule has 7 nitrogen and oxygen atoms in total. The quantitative estimate of drug-likeness (QED) is 0.890. The van der Waals surface area contributed by atoms with Crippen LogP contribution in [0, 0.1) is 13.8 Å². The van der Waals surface area contributed by atoms with E-state index < -0.39 is 0 Å². The molecule has 0 bridgehead atoms. The smallest absolute Gasteiger partial charge is 0.322 e. The van der Waals surface area contributed by atoms with Crippen LogP contribution in [0.2, 0.25) is 0 Å². The highest BCUT2D eigenvalue weighted by Crippen LogP contribution is 2.23. The zero-order valence-corrected chi connectivity index (χ0v) is 11.4. The third-order valence-electron chi connectivity index (χ3n) is 3.31. The molecule has 1 unspecified atom stereocenters. The number of anilines is 1. The Kier molecular flexibility index (Phi) is 3.27. The summed E-state index contributed by atoms with van der Waals surface area (Å²) in [7, 11) is 0. The summed E-state index contributed by atoms with van der Waals surface area (Å²) in [5.41, 5.74) is 0.473. The third kappa shape index (κ3) is 2.44. The highest BCUT2D eigenvalue weighted by Gasteiger charge is 2.23. The van der Waals surface area contributed by atoms with Crippen molar-refractivity contribution in [3.8, 4) is 0 Å². The van der Waals surface area contributed by atoms with E-state index in [0.29, 0.717) is 23.0 Å². The van der Waals surface area contributed by atoms with Crippen LogP contribution in [0.4, 0.5) is 6.01 Å². The Morgan fingerprint density at radius 3 is 2.90 bits per heavy atom. The number of carbonyl (C=O) groups is 1. The van der Waals surface area contributed by atoms with E-state index in [2.05, 4.69) is 20.8 Å². The van der Waals surface area contributed by atoms with E-state index in [1.54, 1.807) is 19.9 Å². The summed E-state index contributed by atoms with van der Waals surface area (Å²) in [6.45, 7) is 4.48. The maximum Gasteiger partial charge on any atom is 0.322 e. The number of aryl methyl sites for hydroxylation is 2. The van der Waals surface area contributed by atoms with Crippen molar-refractivity contribution >= 4 is 11.9 Å². The predicted octanol–water partition coefficient (Wildman–Crippen LogP) is 1.96. The fourth-order valence-electron chi connectivity index (χ4n) is 2.34. The molecule has 2 N–H and O–H groups in total. The molecule has 1 fully saturated rings. The van der Waals surface area contributed by atoms with Gasteiger partial charge in [-0.15, -0.1) is 5.10 Å². The first-order valence-corrected chi connectivity index (χ1v) is 6.58.